The van der Waals surface area contributed by atoms with Crippen molar-refractivity contribution >= 4 is 19.9 Å². The van der Waals surface area contributed by atoms with Crippen molar-refractivity contribution in [3.8, 4) is 0 Å². The van der Waals surface area contributed by atoms with E-state index < -0.39 is 14.1 Å². The van der Waals surface area contributed by atoms with Crippen molar-refractivity contribution in [3.63, 3.8) is 0 Å². The van der Waals surface area contributed by atoms with Crippen molar-refractivity contribution in [2.45, 2.75) is 83.1 Å². The van der Waals surface area contributed by atoms with Crippen LogP contribution in [0, 0.1) is 0 Å². The molecule has 1 fully saturated rings. The Hall–Kier alpha value is -0.393. The second-order valence-electron chi connectivity index (χ2n) is 8.45. The quantitative estimate of drug-likeness (QED) is 0.654. The van der Waals surface area contributed by atoms with Gasteiger partial charge in [-0.3, -0.25) is 0 Å². The van der Waals surface area contributed by atoms with E-state index in [1.54, 1.807) is 0 Å². The number of rotatable bonds is 6. The fourth-order valence-corrected chi connectivity index (χ4v) is 4.10. The molecule has 0 bridgehead atoms. The molecule has 1 aromatic rings. The van der Waals surface area contributed by atoms with Gasteiger partial charge in [-0.25, -0.2) is 0 Å². The molecule has 1 aliphatic heterocycles. The van der Waals surface area contributed by atoms with Crippen LogP contribution in [0.25, 0.3) is 0 Å². The summed E-state index contributed by atoms with van der Waals surface area (Å²) in [5.41, 5.74) is 0.992. The second kappa shape index (κ2) is 7.08. The molecule has 0 aromatic heterocycles. The van der Waals surface area contributed by atoms with Crippen LogP contribution in [0.4, 0.5) is 0 Å². The van der Waals surface area contributed by atoms with Crippen molar-refractivity contribution in [1.82, 2.24) is 0 Å². The van der Waals surface area contributed by atoms with Crippen LogP contribution in [0.5, 0.6) is 0 Å². The van der Waals surface area contributed by atoms with E-state index >= 15 is 0 Å². The summed E-state index contributed by atoms with van der Waals surface area (Å²) in [7, 11) is -2.17. The van der Waals surface area contributed by atoms with Gasteiger partial charge in [0.25, 0.3) is 0 Å². The minimum absolute atomic E-state index is 0.0120. The number of halogens is 1. The Morgan fingerprint density at radius 1 is 1.21 bits per heavy atom. The zero-order valence-corrected chi connectivity index (χ0v) is 17.5. The summed E-state index contributed by atoms with van der Waals surface area (Å²) in [6, 6.07) is 7.82. The van der Waals surface area contributed by atoms with E-state index in [0.29, 0.717) is 0 Å². The molecule has 3 nitrogen and oxygen atoms in total. The maximum atomic E-state index is 10.5. The van der Waals surface area contributed by atoms with Crippen LogP contribution in [0.3, 0.4) is 0 Å². The van der Waals surface area contributed by atoms with Crippen molar-refractivity contribution in [3.05, 3.63) is 34.9 Å². The highest BCUT2D eigenvalue weighted by Crippen LogP contribution is 2.44. The molecule has 5 heteroatoms. The number of hydrogen-bond donors (Lipinski definition) is 1. The van der Waals surface area contributed by atoms with Gasteiger partial charge < -0.3 is 14.3 Å². The first kappa shape index (κ1) is 19.9. The van der Waals surface area contributed by atoms with E-state index in [9.17, 15) is 4.80 Å². The van der Waals surface area contributed by atoms with Gasteiger partial charge in [0.2, 0.25) is 0 Å². The van der Waals surface area contributed by atoms with Crippen LogP contribution in [0.1, 0.15) is 58.6 Å². The number of ether oxygens (including phenoxy) is 2. The van der Waals surface area contributed by atoms with Gasteiger partial charge >= 0.3 is 0 Å². The SMILES string of the molecule is CC1(C)O[C@H](c2ccccc2Cl)[C@@H](CCCC(C)(C)[Si](C)(C)O)O1. The molecular weight excluding hydrogens is 340 g/mol. The minimum atomic E-state index is -2.17. The van der Waals surface area contributed by atoms with Crippen LogP contribution in [0.15, 0.2) is 24.3 Å². The first-order valence-electron chi connectivity index (χ1n) is 8.75. The van der Waals surface area contributed by atoms with Crippen molar-refractivity contribution in [2.24, 2.45) is 0 Å². The van der Waals surface area contributed by atoms with Crippen LogP contribution in [0.2, 0.25) is 23.2 Å². The van der Waals surface area contributed by atoms with Crippen molar-refractivity contribution < 1.29 is 14.3 Å². The summed E-state index contributed by atoms with van der Waals surface area (Å²) in [5.74, 6) is -0.602. The third-order valence-electron chi connectivity index (χ3n) is 5.34. The first-order valence-corrected chi connectivity index (χ1v) is 12.1. The van der Waals surface area contributed by atoms with Gasteiger partial charge in [-0.15, -0.1) is 0 Å². The topological polar surface area (TPSA) is 38.7 Å². The minimum Gasteiger partial charge on any atom is -0.432 e. The summed E-state index contributed by atoms with van der Waals surface area (Å²) < 4.78 is 12.3. The Kier molecular flexibility index (Phi) is 5.88. The van der Waals surface area contributed by atoms with E-state index in [1.165, 1.54) is 0 Å². The molecule has 0 spiro atoms. The first-order chi connectivity index (χ1) is 10.9. The predicted molar refractivity (Wildman–Crippen MR) is 102 cm³/mol. The van der Waals surface area contributed by atoms with Gasteiger partial charge in [0.15, 0.2) is 14.1 Å². The van der Waals surface area contributed by atoms with Crippen molar-refractivity contribution in [1.29, 1.82) is 0 Å². The Morgan fingerprint density at radius 3 is 2.42 bits per heavy atom. The normalized spacial score (nSPS) is 24.3. The summed E-state index contributed by atoms with van der Waals surface area (Å²) in [5, 5.41) is 0.708. The van der Waals surface area contributed by atoms with Crippen LogP contribution in [-0.2, 0) is 9.47 Å². The molecule has 0 saturated carbocycles. The Morgan fingerprint density at radius 2 is 1.83 bits per heavy atom. The van der Waals surface area contributed by atoms with E-state index in [1.807, 2.05) is 51.2 Å². The second-order valence-corrected chi connectivity index (χ2v) is 13.3. The summed E-state index contributed by atoms with van der Waals surface area (Å²) >= 11 is 6.37. The fraction of sp³-hybridized carbons (Fsp3) is 0.684. The molecule has 1 heterocycles. The lowest BCUT2D eigenvalue weighted by Gasteiger charge is -2.35. The average molecular weight is 371 g/mol. The number of hydrogen-bond acceptors (Lipinski definition) is 3. The maximum Gasteiger partial charge on any atom is 0.188 e. The molecular formula is C19H31ClO3Si. The van der Waals surface area contributed by atoms with E-state index in [4.69, 9.17) is 21.1 Å². The molecule has 0 radical (unpaired) electrons. The summed E-state index contributed by atoms with van der Waals surface area (Å²) in [6.07, 6.45) is 2.72. The van der Waals surface area contributed by atoms with E-state index in [-0.39, 0.29) is 17.2 Å². The fourth-order valence-electron chi connectivity index (χ4n) is 3.07. The van der Waals surface area contributed by atoms with Gasteiger partial charge in [0, 0.05) is 10.6 Å². The van der Waals surface area contributed by atoms with Crippen LogP contribution in [-0.4, -0.2) is 25.0 Å². The van der Waals surface area contributed by atoms with Crippen LogP contribution < -0.4 is 0 Å². The van der Waals surface area contributed by atoms with Gasteiger partial charge in [-0.05, 0) is 50.9 Å². The zero-order valence-electron chi connectivity index (χ0n) is 15.7. The van der Waals surface area contributed by atoms with Gasteiger partial charge in [-0.2, -0.15) is 0 Å². The zero-order chi connectivity index (χ0) is 18.2. The molecule has 0 aliphatic carbocycles. The van der Waals surface area contributed by atoms with E-state index in [2.05, 4.69) is 13.8 Å². The standard InChI is InChI=1S/C19H31ClO3Si/c1-18(2,24(5,6)21)13-9-12-16-17(23-19(3,4)22-16)14-10-7-8-11-15(14)20/h7-8,10-11,16-17,21H,9,12-13H2,1-6H3/t16-,17-/m1/s1. The Bertz CT molecular complexity index is 566. The number of benzene rings is 1. The van der Waals surface area contributed by atoms with Gasteiger partial charge in [0.05, 0.1) is 6.10 Å². The average Bonchev–Trinajstić information content (AvgIpc) is 2.73. The molecule has 1 aromatic carbocycles. The maximum absolute atomic E-state index is 10.5. The molecule has 2 atom stereocenters. The van der Waals surface area contributed by atoms with Gasteiger partial charge in [-0.1, -0.05) is 50.1 Å². The monoisotopic (exact) mass is 370 g/mol. The highest BCUT2D eigenvalue weighted by molar-refractivity contribution is 6.72. The molecule has 1 N–H and O–H groups in total. The highest BCUT2D eigenvalue weighted by Gasteiger charge is 2.43. The van der Waals surface area contributed by atoms with Crippen LogP contribution >= 0.6 is 11.6 Å². The highest BCUT2D eigenvalue weighted by atomic mass is 35.5. The largest absolute Gasteiger partial charge is 0.432 e. The molecule has 136 valence electrons. The molecule has 2 rings (SSSR count). The Labute approximate surface area is 152 Å². The van der Waals surface area contributed by atoms with Gasteiger partial charge in [0.1, 0.15) is 6.10 Å². The lowest BCUT2D eigenvalue weighted by atomic mass is 9.97. The molecule has 1 aliphatic rings. The summed E-state index contributed by atoms with van der Waals surface area (Å²) in [4.78, 5) is 10.5. The van der Waals surface area contributed by atoms with Crippen molar-refractivity contribution in [2.75, 3.05) is 0 Å². The smallest absolute Gasteiger partial charge is 0.188 e. The molecule has 0 unspecified atom stereocenters. The summed E-state index contributed by atoms with van der Waals surface area (Å²) in [6.45, 7) is 12.3. The lowest BCUT2D eigenvalue weighted by Crippen LogP contribution is -2.39. The predicted octanol–water partition coefficient (Wildman–Crippen LogP) is 5.68. The third kappa shape index (κ3) is 4.61. The molecule has 24 heavy (non-hydrogen) atoms. The lowest BCUT2D eigenvalue weighted by molar-refractivity contribution is -0.147. The molecule has 0 amide bonds. The van der Waals surface area contributed by atoms with E-state index in [0.717, 1.165) is 29.8 Å². The Balaban J connectivity index is 2.06. The third-order valence-corrected chi connectivity index (χ3v) is 9.25. The molecule has 1 saturated heterocycles.